The quantitative estimate of drug-likeness (QED) is 0.884. The van der Waals surface area contributed by atoms with Gasteiger partial charge in [-0.1, -0.05) is 46.3 Å². The summed E-state index contributed by atoms with van der Waals surface area (Å²) >= 11 is 3.48. The molecular weight excluding hydrogens is 274 g/mol. The first kappa shape index (κ1) is 12.3. The first-order valence-corrected chi connectivity index (χ1v) is 6.46. The molecule has 2 aromatic rings. The van der Waals surface area contributed by atoms with Crippen LogP contribution in [0.2, 0.25) is 0 Å². The third kappa shape index (κ3) is 2.59. The smallest absolute Gasteiger partial charge is 0.0556 e. The van der Waals surface area contributed by atoms with Gasteiger partial charge in [0, 0.05) is 4.47 Å². The summed E-state index contributed by atoms with van der Waals surface area (Å²) in [6.07, 6.45) is 0. The Labute approximate surface area is 111 Å². The highest BCUT2D eigenvalue weighted by molar-refractivity contribution is 9.10. The Balaban J connectivity index is 2.44. The van der Waals surface area contributed by atoms with Crippen molar-refractivity contribution in [2.45, 2.75) is 19.9 Å². The van der Waals surface area contributed by atoms with Gasteiger partial charge in [-0.05, 0) is 48.2 Å². The van der Waals surface area contributed by atoms with Crippen LogP contribution in [0.3, 0.4) is 0 Å². The minimum absolute atomic E-state index is 0.0516. The van der Waals surface area contributed by atoms with Gasteiger partial charge in [-0.3, -0.25) is 0 Å². The molecule has 1 unspecified atom stereocenters. The Hall–Kier alpha value is -1.12. The standard InChI is InChI=1S/C15H16BrN/c1-10-5-3-4-6-13(10)15(17)14-8-7-12(16)9-11(14)2/h3-9,15H,17H2,1-2H3. The predicted octanol–water partition coefficient (Wildman–Crippen LogP) is 4.11. The van der Waals surface area contributed by atoms with Crippen LogP contribution in [0.25, 0.3) is 0 Å². The van der Waals surface area contributed by atoms with E-state index in [1.54, 1.807) is 0 Å². The van der Waals surface area contributed by atoms with Gasteiger partial charge >= 0.3 is 0 Å². The average molecular weight is 290 g/mol. The van der Waals surface area contributed by atoms with Gasteiger partial charge in [0.05, 0.1) is 6.04 Å². The largest absolute Gasteiger partial charge is 0.320 e. The summed E-state index contributed by atoms with van der Waals surface area (Å²) in [5.74, 6) is 0. The minimum atomic E-state index is -0.0516. The van der Waals surface area contributed by atoms with Gasteiger partial charge in [0.1, 0.15) is 0 Å². The molecule has 17 heavy (non-hydrogen) atoms. The highest BCUT2D eigenvalue weighted by atomic mass is 79.9. The molecule has 0 heterocycles. The van der Waals surface area contributed by atoms with Crippen molar-refractivity contribution in [1.82, 2.24) is 0 Å². The summed E-state index contributed by atoms with van der Waals surface area (Å²) in [6.45, 7) is 4.20. The Kier molecular flexibility index (Phi) is 3.65. The normalized spacial score (nSPS) is 12.5. The summed E-state index contributed by atoms with van der Waals surface area (Å²) in [7, 11) is 0. The van der Waals surface area contributed by atoms with Gasteiger partial charge in [-0.2, -0.15) is 0 Å². The topological polar surface area (TPSA) is 26.0 Å². The second-order valence-electron chi connectivity index (χ2n) is 4.34. The number of hydrogen-bond acceptors (Lipinski definition) is 1. The van der Waals surface area contributed by atoms with Crippen LogP contribution in [-0.4, -0.2) is 0 Å². The molecule has 88 valence electrons. The van der Waals surface area contributed by atoms with Crippen molar-refractivity contribution in [1.29, 1.82) is 0 Å². The molecule has 0 aromatic heterocycles. The molecular formula is C15H16BrN. The zero-order chi connectivity index (χ0) is 12.4. The van der Waals surface area contributed by atoms with Crippen LogP contribution in [0.5, 0.6) is 0 Å². The first-order chi connectivity index (χ1) is 8.09. The molecule has 2 N–H and O–H groups in total. The van der Waals surface area contributed by atoms with Crippen LogP contribution in [0, 0.1) is 13.8 Å². The molecule has 0 fully saturated rings. The van der Waals surface area contributed by atoms with E-state index in [0.717, 1.165) is 4.47 Å². The fourth-order valence-corrected chi connectivity index (χ4v) is 2.57. The van der Waals surface area contributed by atoms with Crippen LogP contribution in [0.4, 0.5) is 0 Å². The third-order valence-corrected chi connectivity index (χ3v) is 3.58. The number of halogens is 1. The van der Waals surface area contributed by atoms with Gasteiger partial charge in [0.15, 0.2) is 0 Å². The molecule has 2 aromatic carbocycles. The lowest BCUT2D eigenvalue weighted by atomic mass is 9.93. The van der Waals surface area contributed by atoms with Crippen molar-refractivity contribution in [3.05, 3.63) is 69.2 Å². The van der Waals surface area contributed by atoms with Crippen LogP contribution in [0.15, 0.2) is 46.9 Å². The molecule has 0 amide bonds. The van der Waals surface area contributed by atoms with Gasteiger partial charge in [-0.15, -0.1) is 0 Å². The monoisotopic (exact) mass is 289 g/mol. The zero-order valence-electron chi connectivity index (χ0n) is 10.1. The number of benzene rings is 2. The maximum absolute atomic E-state index is 6.35. The molecule has 0 saturated carbocycles. The van der Waals surface area contributed by atoms with E-state index < -0.39 is 0 Å². The van der Waals surface area contributed by atoms with Crippen molar-refractivity contribution in [2.24, 2.45) is 5.73 Å². The molecule has 1 atom stereocenters. The second-order valence-corrected chi connectivity index (χ2v) is 5.25. The van der Waals surface area contributed by atoms with Crippen LogP contribution >= 0.6 is 15.9 Å². The Morgan fingerprint density at radius 1 is 0.941 bits per heavy atom. The maximum atomic E-state index is 6.35. The highest BCUT2D eigenvalue weighted by Gasteiger charge is 2.13. The molecule has 1 nitrogen and oxygen atoms in total. The van der Waals surface area contributed by atoms with E-state index in [2.05, 4.69) is 54.0 Å². The summed E-state index contributed by atoms with van der Waals surface area (Å²) < 4.78 is 1.09. The van der Waals surface area contributed by atoms with Crippen molar-refractivity contribution >= 4 is 15.9 Å². The molecule has 0 aliphatic rings. The van der Waals surface area contributed by atoms with E-state index in [4.69, 9.17) is 5.73 Å². The lowest BCUT2D eigenvalue weighted by Gasteiger charge is -2.17. The Bertz CT molecular complexity index is 534. The third-order valence-electron chi connectivity index (χ3n) is 3.09. The van der Waals surface area contributed by atoms with Crippen LogP contribution in [0.1, 0.15) is 28.3 Å². The van der Waals surface area contributed by atoms with Crippen molar-refractivity contribution in [3.8, 4) is 0 Å². The Morgan fingerprint density at radius 2 is 1.59 bits per heavy atom. The summed E-state index contributed by atoms with van der Waals surface area (Å²) in [5, 5.41) is 0. The number of hydrogen-bond donors (Lipinski definition) is 1. The number of rotatable bonds is 2. The van der Waals surface area contributed by atoms with E-state index in [1.807, 2.05) is 18.2 Å². The Morgan fingerprint density at radius 3 is 2.24 bits per heavy atom. The zero-order valence-corrected chi connectivity index (χ0v) is 11.7. The molecule has 0 aliphatic heterocycles. The molecule has 0 aliphatic carbocycles. The summed E-state index contributed by atoms with van der Waals surface area (Å²) in [4.78, 5) is 0. The fourth-order valence-electron chi connectivity index (χ4n) is 2.09. The van der Waals surface area contributed by atoms with Gasteiger partial charge in [-0.25, -0.2) is 0 Å². The van der Waals surface area contributed by atoms with E-state index in [1.165, 1.54) is 22.3 Å². The lowest BCUT2D eigenvalue weighted by molar-refractivity contribution is 0.852. The molecule has 2 rings (SSSR count). The molecule has 0 radical (unpaired) electrons. The van der Waals surface area contributed by atoms with Gasteiger partial charge < -0.3 is 5.73 Å². The second kappa shape index (κ2) is 5.03. The maximum Gasteiger partial charge on any atom is 0.0556 e. The molecule has 0 saturated heterocycles. The molecule has 0 bridgehead atoms. The van der Waals surface area contributed by atoms with E-state index in [9.17, 15) is 0 Å². The summed E-state index contributed by atoms with van der Waals surface area (Å²) in [6, 6.07) is 14.5. The molecule has 0 spiro atoms. The number of nitrogens with two attached hydrogens (primary N) is 1. The highest BCUT2D eigenvalue weighted by Crippen LogP contribution is 2.26. The van der Waals surface area contributed by atoms with Crippen molar-refractivity contribution in [2.75, 3.05) is 0 Å². The van der Waals surface area contributed by atoms with Gasteiger partial charge in [0.25, 0.3) is 0 Å². The van der Waals surface area contributed by atoms with E-state index >= 15 is 0 Å². The first-order valence-electron chi connectivity index (χ1n) is 5.67. The van der Waals surface area contributed by atoms with Crippen LogP contribution in [-0.2, 0) is 0 Å². The SMILES string of the molecule is Cc1ccccc1C(N)c1ccc(Br)cc1C. The van der Waals surface area contributed by atoms with Crippen LogP contribution < -0.4 is 5.73 Å². The van der Waals surface area contributed by atoms with E-state index in [0.29, 0.717) is 0 Å². The van der Waals surface area contributed by atoms with E-state index in [-0.39, 0.29) is 6.04 Å². The summed E-state index contributed by atoms with van der Waals surface area (Å²) in [5.41, 5.74) is 11.2. The van der Waals surface area contributed by atoms with Crippen molar-refractivity contribution in [3.63, 3.8) is 0 Å². The molecule has 2 heteroatoms. The lowest BCUT2D eigenvalue weighted by Crippen LogP contribution is -2.14. The predicted molar refractivity (Wildman–Crippen MR) is 76.1 cm³/mol. The number of aryl methyl sites for hydroxylation is 2. The van der Waals surface area contributed by atoms with Crippen molar-refractivity contribution < 1.29 is 0 Å². The fraction of sp³-hybridized carbons (Fsp3) is 0.200. The minimum Gasteiger partial charge on any atom is -0.320 e. The average Bonchev–Trinajstić information content (AvgIpc) is 2.29. The van der Waals surface area contributed by atoms with Gasteiger partial charge in [0.2, 0.25) is 0 Å².